The van der Waals surface area contributed by atoms with Crippen LogP contribution in [0.15, 0.2) is 51.9 Å². The Hall–Kier alpha value is 1.64. The first-order chi connectivity index (χ1) is 9.38. The fourth-order valence-corrected chi connectivity index (χ4v) is 7.12. The summed E-state index contributed by atoms with van der Waals surface area (Å²) in [5, 5.41) is 1.35. The molecule has 8 heteroatoms. The molecule has 0 bridgehead atoms. The van der Waals surface area contributed by atoms with Crippen LogP contribution in [0.4, 0.5) is 0 Å². The zero-order chi connectivity index (χ0) is 14.9. The summed E-state index contributed by atoms with van der Waals surface area (Å²) in [5.41, 5.74) is 0. The third kappa shape index (κ3) is 4.57. The van der Waals surface area contributed by atoms with Crippen LogP contribution in [0.3, 0.4) is 0 Å². The first-order valence-corrected chi connectivity index (χ1v) is 11.1. The van der Waals surface area contributed by atoms with Gasteiger partial charge in [-0.1, -0.05) is 76.6 Å². The molecule has 0 aromatic heterocycles. The fraction of sp³-hybridized carbons (Fsp3) is 0. The van der Waals surface area contributed by atoms with E-state index < -0.39 is 0 Å². The Balaban J connectivity index is 2.26. The van der Waals surface area contributed by atoms with E-state index in [2.05, 4.69) is 63.7 Å². The van der Waals surface area contributed by atoms with Crippen LogP contribution in [-0.4, -0.2) is 0 Å². The molecule has 0 fully saturated rings. The van der Waals surface area contributed by atoms with Gasteiger partial charge in [-0.3, -0.25) is 0 Å². The van der Waals surface area contributed by atoms with E-state index in [9.17, 15) is 0 Å². The molecule has 0 saturated carbocycles. The summed E-state index contributed by atoms with van der Waals surface area (Å²) in [6, 6.07) is 7.74. The molecule has 0 aliphatic heterocycles. The van der Waals surface area contributed by atoms with Crippen LogP contribution in [0.2, 0.25) is 10.0 Å². The van der Waals surface area contributed by atoms with Crippen LogP contribution in [0.5, 0.6) is 0 Å². The largest absolute Gasteiger partial charge is 0.0830 e. The predicted octanol–water partition coefficient (Wildman–Crippen LogP) is 8.84. The molecule has 0 saturated heterocycles. The topological polar surface area (TPSA) is 0 Å². The van der Waals surface area contributed by atoms with Crippen molar-refractivity contribution in [3.63, 3.8) is 0 Å². The number of benzene rings is 2. The van der Waals surface area contributed by atoms with E-state index in [1.54, 1.807) is 21.6 Å². The zero-order valence-electron chi connectivity index (χ0n) is 9.39. The molecule has 0 amide bonds. The molecule has 0 aliphatic rings. The molecule has 2 rings (SSSR count). The lowest BCUT2D eigenvalue weighted by molar-refractivity contribution is 1.38. The number of hydrogen-bond acceptors (Lipinski definition) is 2. The second-order valence-electron chi connectivity index (χ2n) is 3.57. The normalized spacial score (nSPS) is 10.9. The molecule has 106 valence electrons. The first kappa shape index (κ1) is 18.0. The van der Waals surface area contributed by atoms with E-state index in [0.717, 1.165) is 27.7 Å². The second kappa shape index (κ2) is 7.95. The van der Waals surface area contributed by atoms with E-state index >= 15 is 0 Å². The van der Waals surface area contributed by atoms with Crippen molar-refractivity contribution in [2.45, 2.75) is 9.79 Å². The molecular weight excluding hydrogens is 599 g/mol. The molecule has 0 heterocycles. The lowest BCUT2D eigenvalue weighted by Gasteiger charge is -2.09. The van der Waals surface area contributed by atoms with Crippen LogP contribution >= 0.6 is 109 Å². The molecular formula is C12H4Br4Cl2S2. The van der Waals surface area contributed by atoms with Gasteiger partial charge in [0.2, 0.25) is 0 Å². The minimum absolute atomic E-state index is 0.675. The van der Waals surface area contributed by atoms with Gasteiger partial charge < -0.3 is 0 Å². The van der Waals surface area contributed by atoms with Gasteiger partial charge in [-0.25, -0.2) is 0 Å². The summed E-state index contributed by atoms with van der Waals surface area (Å²) in [6.45, 7) is 0. The van der Waals surface area contributed by atoms with Gasteiger partial charge in [0.15, 0.2) is 0 Å². The van der Waals surface area contributed by atoms with Crippen molar-refractivity contribution in [2.24, 2.45) is 0 Å². The maximum absolute atomic E-state index is 6.15. The lowest BCUT2D eigenvalue weighted by atomic mass is 10.4. The number of hydrogen-bond donors (Lipinski definition) is 0. The molecule has 2 aromatic carbocycles. The van der Waals surface area contributed by atoms with Crippen LogP contribution in [0.25, 0.3) is 0 Å². The Kier molecular flexibility index (Phi) is 7.15. The predicted molar refractivity (Wildman–Crippen MR) is 105 cm³/mol. The Morgan fingerprint density at radius 2 is 1.00 bits per heavy atom. The SMILES string of the molecule is Clc1cc(Br)cc(SSc2cc(Br)cc(Cl)c2Br)c1Br. The molecule has 20 heavy (non-hydrogen) atoms. The van der Waals surface area contributed by atoms with Crippen molar-refractivity contribution < 1.29 is 0 Å². The lowest BCUT2D eigenvalue weighted by Crippen LogP contribution is -1.79. The van der Waals surface area contributed by atoms with Gasteiger partial charge in [0.05, 0.1) is 19.0 Å². The minimum atomic E-state index is 0.675. The summed E-state index contributed by atoms with van der Waals surface area (Å²) < 4.78 is 3.66. The van der Waals surface area contributed by atoms with Gasteiger partial charge in [-0.2, -0.15) is 0 Å². The van der Waals surface area contributed by atoms with E-state index in [-0.39, 0.29) is 0 Å². The monoisotopic (exact) mass is 598 g/mol. The van der Waals surface area contributed by atoms with Crippen LogP contribution in [0.1, 0.15) is 0 Å². The minimum Gasteiger partial charge on any atom is -0.0830 e. The highest BCUT2D eigenvalue weighted by atomic mass is 79.9. The van der Waals surface area contributed by atoms with Crippen molar-refractivity contribution in [1.29, 1.82) is 0 Å². The molecule has 0 spiro atoms. The third-order valence-electron chi connectivity index (χ3n) is 2.14. The quantitative estimate of drug-likeness (QED) is 0.254. The molecule has 0 nitrogen and oxygen atoms in total. The van der Waals surface area contributed by atoms with E-state index in [4.69, 9.17) is 23.2 Å². The van der Waals surface area contributed by atoms with Gasteiger partial charge in [0.25, 0.3) is 0 Å². The Labute approximate surface area is 168 Å². The van der Waals surface area contributed by atoms with Crippen molar-refractivity contribution in [3.8, 4) is 0 Å². The molecule has 0 radical (unpaired) electrons. The van der Waals surface area contributed by atoms with E-state index in [0.29, 0.717) is 10.0 Å². The van der Waals surface area contributed by atoms with Crippen LogP contribution < -0.4 is 0 Å². The summed E-state index contributed by atoms with van der Waals surface area (Å²) in [4.78, 5) is 2.08. The Morgan fingerprint density at radius 1 is 0.650 bits per heavy atom. The van der Waals surface area contributed by atoms with Gasteiger partial charge in [-0.05, 0) is 56.1 Å². The fourth-order valence-electron chi connectivity index (χ4n) is 1.28. The zero-order valence-corrected chi connectivity index (χ0v) is 18.9. The first-order valence-electron chi connectivity index (χ1n) is 5.02. The van der Waals surface area contributed by atoms with Crippen molar-refractivity contribution in [3.05, 3.63) is 52.2 Å². The van der Waals surface area contributed by atoms with Crippen LogP contribution in [-0.2, 0) is 0 Å². The van der Waals surface area contributed by atoms with Gasteiger partial charge in [-0.15, -0.1) is 0 Å². The standard InChI is InChI=1S/C12H4Br4Cl2S2/c13-5-1-7(17)11(15)9(3-5)19-20-10-4-6(14)2-8(18)12(10)16/h1-4H. The summed E-state index contributed by atoms with van der Waals surface area (Å²) >= 11 is 26.2. The molecule has 0 aliphatic carbocycles. The average Bonchev–Trinajstić information content (AvgIpc) is 2.37. The van der Waals surface area contributed by atoms with Gasteiger partial charge >= 0.3 is 0 Å². The number of halogens is 6. The summed E-state index contributed by atoms with van der Waals surface area (Å²) in [6.07, 6.45) is 0. The maximum Gasteiger partial charge on any atom is 0.0570 e. The Morgan fingerprint density at radius 3 is 1.35 bits per heavy atom. The molecule has 0 N–H and O–H groups in total. The summed E-state index contributed by atoms with van der Waals surface area (Å²) in [7, 11) is 3.21. The van der Waals surface area contributed by atoms with Crippen molar-refractivity contribution >= 4 is 109 Å². The molecule has 0 atom stereocenters. The smallest absolute Gasteiger partial charge is 0.0570 e. The third-order valence-corrected chi connectivity index (χ3v) is 8.76. The number of rotatable bonds is 3. The van der Waals surface area contributed by atoms with E-state index in [1.165, 1.54) is 0 Å². The van der Waals surface area contributed by atoms with Gasteiger partial charge in [0.1, 0.15) is 0 Å². The highest BCUT2D eigenvalue weighted by molar-refractivity contribution is 9.11. The Bertz CT molecular complexity index is 607. The van der Waals surface area contributed by atoms with Crippen LogP contribution in [0, 0.1) is 0 Å². The highest BCUT2D eigenvalue weighted by Gasteiger charge is 2.11. The highest BCUT2D eigenvalue weighted by Crippen LogP contribution is 2.47. The maximum atomic E-state index is 6.15. The molecule has 2 aromatic rings. The van der Waals surface area contributed by atoms with Crippen molar-refractivity contribution in [2.75, 3.05) is 0 Å². The van der Waals surface area contributed by atoms with E-state index in [1.807, 2.05) is 24.3 Å². The average molecular weight is 603 g/mol. The van der Waals surface area contributed by atoms with Crippen molar-refractivity contribution in [1.82, 2.24) is 0 Å². The summed E-state index contributed by atoms with van der Waals surface area (Å²) in [5.74, 6) is 0. The second-order valence-corrected chi connectivity index (χ2v) is 10.0. The van der Waals surface area contributed by atoms with Gasteiger partial charge in [0, 0.05) is 18.7 Å². The molecule has 0 unspecified atom stereocenters.